The van der Waals surface area contributed by atoms with Crippen molar-refractivity contribution in [2.75, 3.05) is 27.6 Å². The Labute approximate surface area is 199 Å². The molecule has 2 aromatic carbocycles. The van der Waals surface area contributed by atoms with Gasteiger partial charge in [-0.3, -0.25) is 4.79 Å². The summed E-state index contributed by atoms with van der Waals surface area (Å²) in [6, 6.07) is 11.0. The molecular formula is C27H31NO6. The van der Waals surface area contributed by atoms with Gasteiger partial charge in [-0.2, -0.15) is 0 Å². The third-order valence-electron chi connectivity index (χ3n) is 7.42. The summed E-state index contributed by atoms with van der Waals surface area (Å²) in [6.07, 6.45) is 7.67. The largest absolute Gasteiger partial charge is 0.497 e. The van der Waals surface area contributed by atoms with Crippen LogP contribution >= 0.6 is 0 Å². The van der Waals surface area contributed by atoms with E-state index in [4.69, 9.17) is 18.9 Å². The number of benzene rings is 2. The normalized spacial score (nSPS) is 25.8. The maximum Gasteiger partial charge on any atom is 0.247 e. The molecule has 2 aromatic rings. The van der Waals surface area contributed by atoms with Crippen LogP contribution in [0.1, 0.15) is 49.3 Å². The molecule has 1 amide bonds. The van der Waals surface area contributed by atoms with Gasteiger partial charge >= 0.3 is 0 Å². The number of carbonyl (C=O) groups is 1. The fraction of sp³-hybridized carbons (Fsp3) is 0.444. The van der Waals surface area contributed by atoms with Crippen molar-refractivity contribution in [2.24, 2.45) is 5.92 Å². The molecule has 34 heavy (non-hydrogen) atoms. The minimum absolute atomic E-state index is 0.0554. The number of piperidine rings is 1. The second kappa shape index (κ2) is 9.22. The Morgan fingerprint density at radius 1 is 1.09 bits per heavy atom. The summed E-state index contributed by atoms with van der Waals surface area (Å²) >= 11 is 0. The van der Waals surface area contributed by atoms with Gasteiger partial charge in [0.1, 0.15) is 11.5 Å². The van der Waals surface area contributed by atoms with Gasteiger partial charge in [-0.05, 0) is 55.2 Å². The number of methoxy groups -OCH3 is 2. The molecule has 1 saturated heterocycles. The third-order valence-corrected chi connectivity index (χ3v) is 7.42. The molecule has 1 aliphatic carbocycles. The van der Waals surface area contributed by atoms with Gasteiger partial charge in [0.15, 0.2) is 11.5 Å². The van der Waals surface area contributed by atoms with Crippen LogP contribution in [0.4, 0.5) is 0 Å². The molecular weight excluding hydrogens is 434 g/mol. The molecule has 2 fully saturated rings. The SMILES string of the molecule is COc1ccc([C@H]2[C@H]3CCCC[C@@]3(O)CCN2C(=O)/C=C/c2ccc3c(c2)OCO3)c(OC)c1. The minimum atomic E-state index is -0.772. The van der Waals surface area contributed by atoms with Gasteiger partial charge in [0.05, 0.1) is 25.9 Å². The lowest BCUT2D eigenvalue weighted by atomic mass is 9.66. The molecule has 7 nitrogen and oxygen atoms in total. The highest BCUT2D eigenvalue weighted by molar-refractivity contribution is 5.92. The molecule has 0 unspecified atom stereocenters. The van der Waals surface area contributed by atoms with Gasteiger partial charge in [0.2, 0.25) is 12.7 Å². The minimum Gasteiger partial charge on any atom is -0.497 e. The number of amides is 1. The van der Waals surface area contributed by atoms with E-state index < -0.39 is 5.60 Å². The standard InChI is InChI=1S/C27H31NO6/c1-31-19-8-9-20(23(16-19)32-2)26-21-5-3-4-12-27(21,30)13-14-28(26)25(29)11-7-18-6-10-22-24(15-18)34-17-33-22/h6-11,15-16,21,26,30H,3-5,12-14,17H2,1-2H3/b11-7+/t21-,26+,27-/m1/s1. The first-order valence-corrected chi connectivity index (χ1v) is 11.8. The average Bonchev–Trinajstić information content (AvgIpc) is 3.34. The molecule has 2 heterocycles. The molecule has 3 atom stereocenters. The topological polar surface area (TPSA) is 77.5 Å². The number of ether oxygens (including phenoxy) is 4. The Balaban J connectivity index is 1.48. The van der Waals surface area contributed by atoms with Gasteiger partial charge < -0.3 is 29.0 Å². The molecule has 0 radical (unpaired) electrons. The van der Waals surface area contributed by atoms with Crippen LogP contribution in [0.3, 0.4) is 0 Å². The van der Waals surface area contributed by atoms with E-state index in [-0.39, 0.29) is 24.7 Å². The Bertz CT molecular complexity index is 1100. The summed E-state index contributed by atoms with van der Waals surface area (Å²) in [5.74, 6) is 2.60. The predicted octanol–water partition coefficient (Wildman–Crippen LogP) is 4.34. The van der Waals surface area contributed by atoms with Crippen LogP contribution in [0, 0.1) is 5.92 Å². The summed E-state index contributed by atoms with van der Waals surface area (Å²) in [6.45, 7) is 0.696. The van der Waals surface area contributed by atoms with Crippen LogP contribution in [0.5, 0.6) is 23.0 Å². The van der Waals surface area contributed by atoms with Crippen molar-refractivity contribution >= 4 is 12.0 Å². The molecule has 0 bridgehead atoms. The van der Waals surface area contributed by atoms with Gasteiger partial charge in [-0.1, -0.05) is 18.9 Å². The average molecular weight is 466 g/mol. The fourth-order valence-electron chi connectivity index (χ4n) is 5.66. The lowest BCUT2D eigenvalue weighted by Crippen LogP contribution is -2.56. The van der Waals surface area contributed by atoms with Gasteiger partial charge in [-0.15, -0.1) is 0 Å². The van der Waals surface area contributed by atoms with Crippen molar-refractivity contribution in [3.05, 3.63) is 53.6 Å². The highest BCUT2D eigenvalue weighted by Gasteiger charge is 2.50. The van der Waals surface area contributed by atoms with Crippen LogP contribution in [-0.4, -0.2) is 49.1 Å². The number of hydrogen-bond acceptors (Lipinski definition) is 6. The zero-order chi connectivity index (χ0) is 23.7. The van der Waals surface area contributed by atoms with Crippen LogP contribution in [0.25, 0.3) is 6.08 Å². The summed E-state index contributed by atoms with van der Waals surface area (Å²) in [7, 11) is 3.24. The van der Waals surface area contributed by atoms with E-state index >= 15 is 0 Å². The first kappa shape index (κ1) is 22.6. The van der Waals surface area contributed by atoms with Crippen LogP contribution in [0.15, 0.2) is 42.5 Å². The summed E-state index contributed by atoms with van der Waals surface area (Å²) in [4.78, 5) is 15.4. The number of nitrogens with zero attached hydrogens (tertiary/aromatic N) is 1. The first-order chi connectivity index (χ1) is 16.5. The predicted molar refractivity (Wildman–Crippen MR) is 127 cm³/mol. The monoisotopic (exact) mass is 465 g/mol. The second-order valence-corrected chi connectivity index (χ2v) is 9.24. The molecule has 7 heteroatoms. The van der Waals surface area contributed by atoms with Crippen molar-refractivity contribution in [1.82, 2.24) is 4.90 Å². The Morgan fingerprint density at radius 2 is 1.94 bits per heavy atom. The summed E-state index contributed by atoms with van der Waals surface area (Å²) in [5.41, 5.74) is 0.992. The maximum atomic E-state index is 13.5. The van der Waals surface area contributed by atoms with E-state index in [0.29, 0.717) is 36.0 Å². The fourth-order valence-corrected chi connectivity index (χ4v) is 5.66. The number of carbonyl (C=O) groups excluding carboxylic acids is 1. The van der Waals surface area contributed by atoms with E-state index in [0.717, 1.165) is 36.8 Å². The van der Waals surface area contributed by atoms with E-state index in [2.05, 4.69) is 0 Å². The molecule has 180 valence electrons. The molecule has 1 N–H and O–H groups in total. The molecule has 2 aliphatic heterocycles. The number of aliphatic hydroxyl groups is 1. The second-order valence-electron chi connectivity index (χ2n) is 9.24. The molecule has 3 aliphatic rings. The van der Waals surface area contributed by atoms with E-state index in [1.54, 1.807) is 26.4 Å². The summed E-state index contributed by atoms with van der Waals surface area (Å²) < 4.78 is 21.9. The molecule has 1 saturated carbocycles. The number of rotatable bonds is 5. The van der Waals surface area contributed by atoms with E-state index in [1.807, 2.05) is 41.3 Å². The van der Waals surface area contributed by atoms with Crippen molar-refractivity contribution in [3.63, 3.8) is 0 Å². The van der Waals surface area contributed by atoms with Gasteiger partial charge in [-0.25, -0.2) is 0 Å². The first-order valence-electron chi connectivity index (χ1n) is 11.8. The van der Waals surface area contributed by atoms with Gasteiger partial charge in [0, 0.05) is 30.2 Å². The van der Waals surface area contributed by atoms with Crippen molar-refractivity contribution < 1.29 is 28.8 Å². The van der Waals surface area contributed by atoms with Crippen molar-refractivity contribution in [3.8, 4) is 23.0 Å². The Kier molecular flexibility index (Phi) is 6.13. The highest BCUT2D eigenvalue weighted by atomic mass is 16.7. The number of hydrogen-bond donors (Lipinski definition) is 1. The zero-order valence-electron chi connectivity index (χ0n) is 19.7. The Morgan fingerprint density at radius 3 is 2.76 bits per heavy atom. The quantitative estimate of drug-likeness (QED) is 0.662. The molecule has 0 spiro atoms. The van der Waals surface area contributed by atoms with E-state index in [9.17, 15) is 9.90 Å². The van der Waals surface area contributed by atoms with Crippen molar-refractivity contribution in [1.29, 1.82) is 0 Å². The number of likely N-dealkylation sites (tertiary alicyclic amines) is 1. The third kappa shape index (κ3) is 4.09. The zero-order valence-corrected chi connectivity index (χ0v) is 19.7. The molecule has 0 aromatic heterocycles. The van der Waals surface area contributed by atoms with E-state index in [1.165, 1.54) is 0 Å². The van der Waals surface area contributed by atoms with Crippen molar-refractivity contribution in [2.45, 2.75) is 43.7 Å². The summed E-state index contributed by atoms with van der Waals surface area (Å²) in [5, 5.41) is 11.5. The lowest BCUT2D eigenvalue weighted by molar-refractivity contribution is -0.151. The van der Waals surface area contributed by atoms with Crippen LogP contribution in [0.2, 0.25) is 0 Å². The maximum absolute atomic E-state index is 13.5. The molecule has 5 rings (SSSR count). The highest BCUT2D eigenvalue weighted by Crippen LogP contribution is 2.51. The lowest BCUT2D eigenvalue weighted by Gasteiger charge is -2.52. The van der Waals surface area contributed by atoms with Gasteiger partial charge in [0.25, 0.3) is 0 Å². The Hall–Kier alpha value is -3.19. The smallest absolute Gasteiger partial charge is 0.247 e. The van der Waals surface area contributed by atoms with Crippen LogP contribution in [-0.2, 0) is 4.79 Å². The van der Waals surface area contributed by atoms with Crippen LogP contribution < -0.4 is 18.9 Å². The number of fused-ring (bicyclic) bond motifs is 2.